The second kappa shape index (κ2) is 5.54. The molecule has 3 aliphatic heterocycles. The molecule has 118 valence electrons. The molecule has 1 saturated carbocycles. The Bertz CT molecular complexity index is 394. The molecule has 0 aromatic rings. The van der Waals surface area contributed by atoms with Gasteiger partial charge in [-0.3, -0.25) is 9.69 Å². The molecule has 4 rings (SSSR count). The van der Waals surface area contributed by atoms with Crippen LogP contribution < -0.4 is 0 Å². The van der Waals surface area contributed by atoms with Crippen LogP contribution in [0.15, 0.2) is 0 Å². The first-order chi connectivity index (χ1) is 10.3. The van der Waals surface area contributed by atoms with E-state index in [2.05, 4.69) is 9.80 Å². The first-order valence-corrected chi connectivity index (χ1v) is 8.92. The van der Waals surface area contributed by atoms with Crippen molar-refractivity contribution in [1.29, 1.82) is 0 Å². The average molecular weight is 292 g/mol. The number of piperidine rings is 1. The number of likely N-dealkylation sites (tertiary alicyclic amines) is 2. The van der Waals surface area contributed by atoms with E-state index >= 15 is 0 Å². The van der Waals surface area contributed by atoms with Gasteiger partial charge in [-0.25, -0.2) is 0 Å². The fourth-order valence-electron chi connectivity index (χ4n) is 4.58. The molecule has 0 aromatic carbocycles. The van der Waals surface area contributed by atoms with Crippen molar-refractivity contribution in [2.75, 3.05) is 32.8 Å². The van der Waals surface area contributed by atoms with Crippen molar-refractivity contribution in [2.24, 2.45) is 5.92 Å². The van der Waals surface area contributed by atoms with Gasteiger partial charge in [-0.05, 0) is 63.8 Å². The number of ether oxygens (including phenoxy) is 1. The maximum absolute atomic E-state index is 12.5. The molecule has 3 saturated heterocycles. The molecular weight excluding hydrogens is 264 g/mol. The summed E-state index contributed by atoms with van der Waals surface area (Å²) in [6.45, 7) is 5.26. The fourth-order valence-corrected chi connectivity index (χ4v) is 4.58. The van der Waals surface area contributed by atoms with Crippen LogP contribution in [0.1, 0.15) is 51.4 Å². The summed E-state index contributed by atoms with van der Waals surface area (Å²) >= 11 is 0. The Hall–Kier alpha value is -0.610. The largest absolute Gasteiger partial charge is 0.368 e. The number of hydrogen-bond donors (Lipinski definition) is 0. The first-order valence-electron chi connectivity index (χ1n) is 8.92. The minimum absolute atomic E-state index is 0.134. The molecule has 1 atom stereocenters. The SMILES string of the molecule is O=C([C@@H]1CCCO1)N1CCC2(CCCN2CC2CC2)CC1. The Labute approximate surface area is 127 Å². The first kappa shape index (κ1) is 14.0. The summed E-state index contributed by atoms with van der Waals surface area (Å²) in [6.07, 6.45) is 9.78. The summed E-state index contributed by atoms with van der Waals surface area (Å²) in [5.74, 6) is 1.24. The van der Waals surface area contributed by atoms with Crippen LogP contribution in [0.5, 0.6) is 0 Å². The van der Waals surface area contributed by atoms with Crippen LogP contribution in [-0.4, -0.2) is 60.1 Å². The van der Waals surface area contributed by atoms with Crippen LogP contribution in [0, 0.1) is 5.92 Å². The minimum atomic E-state index is -0.134. The maximum atomic E-state index is 12.5. The summed E-state index contributed by atoms with van der Waals surface area (Å²) in [4.78, 5) is 17.3. The molecule has 1 spiro atoms. The van der Waals surface area contributed by atoms with E-state index < -0.39 is 0 Å². The number of nitrogens with zero attached hydrogens (tertiary/aromatic N) is 2. The number of carbonyl (C=O) groups is 1. The van der Waals surface area contributed by atoms with Crippen molar-refractivity contribution in [3.8, 4) is 0 Å². The van der Waals surface area contributed by atoms with Gasteiger partial charge >= 0.3 is 0 Å². The highest BCUT2D eigenvalue weighted by Crippen LogP contribution is 2.42. The smallest absolute Gasteiger partial charge is 0.251 e. The van der Waals surface area contributed by atoms with Crippen molar-refractivity contribution in [3.63, 3.8) is 0 Å². The summed E-state index contributed by atoms with van der Waals surface area (Å²) in [7, 11) is 0. The molecule has 0 bridgehead atoms. The second-order valence-corrected chi connectivity index (χ2v) is 7.54. The number of rotatable bonds is 3. The van der Waals surface area contributed by atoms with Crippen LogP contribution >= 0.6 is 0 Å². The third-order valence-electron chi connectivity index (χ3n) is 6.13. The van der Waals surface area contributed by atoms with Crippen LogP contribution in [0.4, 0.5) is 0 Å². The highest BCUT2D eigenvalue weighted by Gasteiger charge is 2.45. The Morgan fingerprint density at radius 1 is 1.05 bits per heavy atom. The van der Waals surface area contributed by atoms with E-state index in [4.69, 9.17) is 4.74 Å². The molecule has 0 radical (unpaired) electrons. The van der Waals surface area contributed by atoms with E-state index in [1.165, 1.54) is 51.6 Å². The van der Waals surface area contributed by atoms with Crippen molar-refractivity contribution in [1.82, 2.24) is 9.80 Å². The lowest BCUT2D eigenvalue weighted by Crippen LogP contribution is -2.55. The van der Waals surface area contributed by atoms with Crippen LogP contribution in [0.2, 0.25) is 0 Å². The third kappa shape index (κ3) is 2.72. The molecule has 1 amide bonds. The monoisotopic (exact) mass is 292 g/mol. The Morgan fingerprint density at radius 2 is 1.86 bits per heavy atom. The topological polar surface area (TPSA) is 32.8 Å². The predicted molar refractivity (Wildman–Crippen MR) is 81.1 cm³/mol. The zero-order valence-corrected chi connectivity index (χ0v) is 13.1. The van der Waals surface area contributed by atoms with Gasteiger partial charge in [0, 0.05) is 31.8 Å². The number of carbonyl (C=O) groups excluding carboxylic acids is 1. The zero-order chi connectivity index (χ0) is 14.3. The van der Waals surface area contributed by atoms with Crippen LogP contribution in [0.3, 0.4) is 0 Å². The van der Waals surface area contributed by atoms with Gasteiger partial charge in [-0.1, -0.05) is 0 Å². The van der Waals surface area contributed by atoms with Gasteiger partial charge in [0.05, 0.1) is 0 Å². The molecule has 0 N–H and O–H groups in total. The normalized spacial score (nSPS) is 33.0. The van der Waals surface area contributed by atoms with Crippen LogP contribution in [-0.2, 0) is 9.53 Å². The molecule has 4 nitrogen and oxygen atoms in total. The van der Waals surface area contributed by atoms with Gasteiger partial charge in [0.15, 0.2) is 0 Å². The van der Waals surface area contributed by atoms with Gasteiger partial charge in [-0.15, -0.1) is 0 Å². The molecule has 21 heavy (non-hydrogen) atoms. The lowest BCUT2D eigenvalue weighted by molar-refractivity contribution is -0.143. The molecule has 0 aromatic heterocycles. The molecule has 1 aliphatic carbocycles. The molecular formula is C17H28N2O2. The van der Waals surface area contributed by atoms with Gasteiger partial charge in [0.1, 0.15) is 6.10 Å². The summed E-state index contributed by atoms with van der Waals surface area (Å²) in [5, 5.41) is 0. The Kier molecular flexibility index (Phi) is 3.70. The van der Waals surface area contributed by atoms with E-state index in [1.807, 2.05) is 0 Å². The minimum Gasteiger partial charge on any atom is -0.368 e. The maximum Gasteiger partial charge on any atom is 0.251 e. The Morgan fingerprint density at radius 3 is 2.52 bits per heavy atom. The average Bonchev–Trinajstić information content (AvgIpc) is 3.01. The molecule has 0 unspecified atom stereocenters. The molecule has 4 fully saturated rings. The van der Waals surface area contributed by atoms with E-state index in [0.717, 1.165) is 38.5 Å². The van der Waals surface area contributed by atoms with Gasteiger partial charge in [-0.2, -0.15) is 0 Å². The van der Waals surface area contributed by atoms with E-state index in [0.29, 0.717) is 5.54 Å². The zero-order valence-electron chi connectivity index (χ0n) is 13.1. The van der Waals surface area contributed by atoms with Gasteiger partial charge < -0.3 is 9.64 Å². The lowest BCUT2D eigenvalue weighted by atomic mass is 9.84. The second-order valence-electron chi connectivity index (χ2n) is 7.54. The summed E-state index contributed by atoms with van der Waals surface area (Å²) in [5.41, 5.74) is 0.426. The summed E-state index contributed by atoms with van der Waals surface area (Å²) in [6, 6.07) is 0. The molecule has 4 aliphatic rings. The quantitative estimate of drug-likeness (QED) is 0.798. The van der Waals surface area contributed by atoms with E-state index in [1.54, 1.807) is 0 Å². The highest BCUT2D eigenvalue weighted by molar-refractivity contribution is 5.81. The van der Waals surface area contributed by atoms with Gasteiger partial charge in [0.25, 0.3) is 5.91 Å². The standard InChI is InChI=1S/C17H28N2O2/c20-16(15-3-1-12-21-15)18-10-7-17(8-11-18)6-2-9-19(17)13-14-4-5-14/h14-15H,1-13H2/t15-/m0/s1. The number of hydrogen-bond acceptors (Lipinski definition) is 3. The van der Waals surface area contributed by atoms with Crippen molar-refractivity contribution < 1.29 is 9.53 Å². The van der Waals surface area contributed by atoms with Crippen molar-refractivity contribution in [2.45, 2.75) is 63.0 Å². The molecule has 4 heteroatoms. The van der Waals surface area contributed by atoms with Crippen molar-refractivity contribution >= 4 is 5.91 Å². The van der Waals surface area contributed by atoms with E-state index in [-0.39, 0.29) is 12.0 Å². The third-order valence-corrected chi connectivity index (χ3v) is 6.13. The molecule has 3 heterocycles. The highest BCUT2D eigenvalue weighted by atomic mass is 16.5. The predicted octanol–water partition coefficient (Wildman–Crippen LogP) is 2.03. The number of amides is 1. The summed E-state index contributed by atoms with van der Waals surface area (Å²) < 4.78 is 5.57. The van der Waals surface area contributed by atoms with Gasteiger partial charge in [0.2, 0.25) is 0 Å². The lowest BCUT2D eigenvalue weighted by Gasteiger charge is -2.45. The fraction of sp³-hybridized carbons (Fsp3) is 0.941. The van der Waals surface area contributed by atoms with Crippen LogP contribution in [0.25, 0.3) is 0 Å². The van der Waals surface area contributed by atoms with E-state index in [9.17, 15) is 4.79 Å². The Balaban J connectivity index is 1.35. The van der Waals surface area contributed by atoms with Crippen molar-refractivity contribution in [3.05, 3.63) is 0 Å².